The van der Waals surface area contributed by atoms with Crippen molar-refractivity contribution < 1.29 is 9.90 Å². The number of hydrogen-bond acceptors (Lipinski definition) is 2. The van der Waals surface area contributed by atoms with Crippen LogP contribution in [-0.2, 0) is 4.79 Å². The van der Waals surface area contributed by atoms with Crippen LogP contribution in [0.1, 0.15) is 41.0 Å². The molecule has 4 aromatic rings. The molecule has 1 amide bonds. The molecule has 1 fully saturated rings. The van der Waals surface area contributed by atoms with Gasteiger partial charge in [0.15, 0.2) is 0 Å². The van der Waals surface area contributed by atoms with Crippen LogP contribution in [0.4, 0.5) is 11.4 Å². The lowest BCUT2D eigenvalue weighted by molar-refractivity contribution is -0.112. The fraction of sp³-hybridized carbons (Fsp3) is 0.0938. The Bertz CT molecular complexity index is 1530. The van der Waals surface area contributed by atoms with Crippen molar-refractivity contribution in [1.82, 2.24) is 0 Å². The number of anilines is 2. The van der Waals surface area contributed by atoms with Gasteiger partial charge in [0.05, 0.1) is 11.3 Å². The van der Waals surface area contributed by atoms with Crippen molar-refractivity contribution in [2.24, 2.45) is 0 Å². The molecule has 0 radical (unpaired) electrons. The summed E-state index contributed by atoms with van der Waals surface area (Å²) < 4.78 is 0. The van der Waals surface area contributed by atoms with Crippen LogP contribution in [0.15, 0.2) is 97.6 Å². The van der Waals surface area contributed by atoms with Crippen LogP contribution >= 0.6 is 11.6 Å². The number of hydrogen-bond donors (Lipinski definition) is 1. The van der Waals surface area contributed by atoms with Crippen molar-refractivity contribution in [2.45, 2.75) is 18.8 Å². The lowest BCUT2D eigenvalue weighted by Gasteiger charge is -2.18. The molecular weight excluding hydrogens is 466 g/mol. The van der Waals surface area contributed by atoms with E-state index in [1.807, 2.05) is 60.7 Å². The van der Waals surface area contributed by atoms with Crippen LogP contribution in [0.2, 0.25) is 5.02 Å². The van der Waals surface area contributed by atoms with Crippen molar-refractivity contribution in [1.29, 1.82) is 0 Å². The summed E-state index contributed by atoms with van der Waals surface area (Å²) in [5.41, 5.74) is 7.84. The van der Waals surface area contributed by atoms with Crippen LogP contribution in [-0.4, -0.2) is 11.0 Å². The molecule has 0 spiro atoms. The van der Waals surface area contributed by atoms with Crippen LogP contribution in [0, 0.1) is 0 Å². The number of carbonyl (C=O) groups is 1. The Morgan fingerprint density at radius 1 is 0.917 bits per heavy atom. The van der Waals surface area contributed by atoms with Crippen molar-refractivity contribution in [3.63, 3.8) is 0 Å². The number of nitrogens with zero attached hydrogens (tertiary/aromatic N) is 1. The summed E-state index contributed by atoms with van der Waals surface area (Å²) >= 11 is 6.71. The highest BCUT2D eigenvalue weighted by molar-refractivity contribution is 6.40. The first-order chi connectivity index (χ1) is 17.5. The smallest absolute Gasteiger partial charge is 0.263 e. The van der Waals surface area contributed by atoms with Gasteiger partial charge in [0.2, 0.25) is 0 Å². The summed E-state index contributed by atoms with van der Waals surface area (Å²) in [6.45, 7) is 3.60. The third-order valence-electron chi connectivity index (χ3n) is 6.92. The van der Waals surface area contributed by atoms with E-state index in [4.69, 9.17) is 11.6 Å². The zero-order valence-corrected chi connectivity index (χ0v) is 20.4. The lowest BCUT2D eigenvalue weighted by Crippen LogP contribution is -2.20. The highest BCUT2D eigenvalue weighted by Crippen LogP contribution is 2.49. The molecule has 6 rings (SSSR count). The molecule has 4 aromatic carbocycles. The highest BCUT2D eigenvalue weighted by atomic mass is 35.5. The number of benzene rings is 4. The van der Waals surface area contributed by atoms with Gasteiger partial charge in [0, 0.05) is 21.8 Å². The maximum Gasteiger partial charge on any atom is 0.263 e. The van der Waals surface area contributed by atoms with Gasteiger partial charge in [-0.05, 0) is 83.5 Å². The maximum atomic E-state index is 14.1. The summed E-state index contributed by atoms with van der Waals surface area (Å²) in [6, 6.07) is 29.4. The van der Waals surface area contributed by atoms with Gasteiger partial charge < -0.3 is 5.11 Å². The Morgan fingerprint density at radius 2 is 1.64 bits per heavy atom. The van der Waals surface area contributed by atoms with Crippen molar-refractivity contribution in [3.05, 3.63) is 125 Å². The second-order valence-electron chi connectivity index (χ2n) is 9.27. The van der Waals surface area contributed by atoms with Crippen LogP contribution in [0.25, 0.3) is 28.5 Å². The average molecular weight is 490 g/mol. The molecule has 0 saturated heterocycles. The van der Waals surface area contributed by atoms with Gasteiger partial charge in [0.1, 0.15) is 5.76 Å². The first-order valence-corrected chi connectivity index (χ1v) is 12.4. The van der Waals surface area contributed by atoms with E-state index >= 15 is 0 Å². The van der Waals surface area contributed by atoms with E-state index in [1.54, 1.807) is 17.0 Å². The molecule has 0 bridgehead atoms. The third-order valence-corrected chi connectivity index (χ3v) is 7.25. The Hall–Kier alpha value is -4.08. The van der Waals surface area contributed by atoms with E-state index in [2.05, 4.69) is 30.8 Å². The van der Waals surface area contributed by atoms with Crippen molar-refractivity contribution in [2.75, 3.05) is 4.90 Å². The largest absolute Gasteiger partial charge is 0.508 e. The molecule has 3 nitrogen and oxygen atoms in total. The Balaban J connectivity index is 1.58. The van der Waals surface area contributed by atoms with Crippen LogP contribution in [0.3, 0.4) is 0 Å². The van der Waals surface area contributed by atoms with Crippen LogP contribution in [0.5, 0.6) is 0 Å². The molecule has 1 N–H and O–H groups in total. The number of amides is 1. The summed E-state index contributed by atoms with van der Waals surface area (Å²) in [7, 11) is 0. The summed E-state index contributed by atoms with van der Waals surface area (Å²) in [4.78, 5) is 15.9. The van der Waals surface area contributed by atoms with E-state index in [0.717, 1.165) is 46.5 Å². The van der Waals surface area contributed by atoms with Gasteiger partial charge >= 0.3 is 0 Å². The van der Waals surface area contributed by atoms with Crippen molar-refractivity contribution >= 4 is 46.3 Å². The Kier molecular flexibility index (Phi) is 5.50. The SMILES string of the molecule is C=C(O)c1ccc(N2C(=O)/C(=C\c3c(Cl)cccc3C3CC3)c3c(-c4ccccc4)cccc32)cc1. The second-order valence-corrected chi connectivity index (χ2v) is 9.68. The number of aliphatic hydroxyl groups excluding tert-OH is 1. The molecule has 36 heavy (non-hydrogen) atoms. The molecule has 1 heterocycles. The molecular formula is C32H24ClNO2. The first-order valence-electron chi connectivity index (χ1n) is 12.0. The fourth-order valence-electron chi connectivity index (χ4n) is 5.00. The standard InChI is InChI=1S/C32H24ClNO2/c1-20(35)21-15-17-24(18-16-21)34-30-12-6-10-26(22-7-3-2-4-8-22)31(30)28(32(34)36)19-27-25(23-13-14-23)9-5-11-29(27)33/h2-12,15-19,23,35H,1,13-14H2/b28-19-. The molecule has 1 saturated carbocycles. The summed E-state index contributed by atoms with van der Waals surface area (Å²) in [6.07, 6.45) is 4.27. The quantitative estimate of drug-likeness (QED) is 0.225. The number of rotatable bonds is 5. The first kappa shape index (κ1) is 22.4. The topological polar surface area (TPSA) is 40.5 Å². The molecule has 176 valence electrons. The Morgan fingerprint density at radius 3 is 2.33 bits per heavy atom. The van der Waals surface area contributed by atoms with Gasteiger partial charge in [-0.15, -0.1) is 0 Å². The summed E-state index contributed by atoms with van der Waals surface area (Å²) in [5, 5.41) is 10.4. The van der Waals surface area contributed by atoms with Gasteiger partial charge in [-0.25, -0.2) is 0 Å². The van der Waals surface area contributed by atoms with E-state index < -0.39 is 0 Å². The zero-order chi connectivity index (χ0) is 24.8. The van der Waals surface area contributed by atoms with E-state index in [-0.39, 0.29) is 11.7 Å². The molecule has 4 heteroatoms. The number of aliphatic hydroxyl groups is 1. The number of halogens is 1. The van der Waals surface area contributed by atoms with E-state index in [1.165, 1.54) is 5.56 Å². The Labute approximate surface area is 215 Å². The van der Waals surface area contributed by atoms with Gasteiger partial charge in [-0.3, -0.25) is 9.69 Å². The molecule has 0 aromatic heterocycles. The van der Waals surface area contributed by atoms with Crippen molar-refractivity contribution in [3.8, 4) is 11.1 Å². The number of carbonyl (C=O) groups excluding carboxylic acids is 1. The monoisotopic (exact) mass is 489 g/mol. The predicted molar refractivity (Wildman–Crippen MR) is 148 cm³/mol. The molecule has 2 aliphatic rings. The third kappa shape index (κ3) is 3.82. The van der Waals surface area contributed by atoms with Crippen LogP contribution < -0.4 is 4.90 Å². The normalized spacial score (nSPS) is 15.9. The minimum absolute atomic E-state index is 0.00651. The number of fused-ring (bicyclic) bond motifs is 1. The van der Waals surface area contributed by atoms with E-state index in [0.29, 0.717) is 22.1 Å². The minimum atomic E-state index is -0.106. The second kappa shape index (κ2) is 8.85. The lowest BCUT2D eigenvalue weighted by atomic mass is 9.92. The molecule has 0 atom stereocenters. The minimum Gasteiger partial charge on any atom is -0.508 e. The predicted octanol–water partition coefficient (Wildman–Crippen LogP) is 8.63. The van der Waals surface area contributed by atoms with Gasteiger partial charge in [0.25, 0.3) is 5.91 Å². The van der Waals surface area contributed by atoms with Gasteiger partial charge in [-0.1, -0.05) is 72.8 Å². The fourth-order valence-corrected chi connectivity index (χ4v) is 5.23. The zero-order valence-electron chi connectivity index (χ0n) is 19.6. The highest BCUT2D eigenvalue weighted by Gasteiger charge is 2.36. The van der Waals surface area contributed by atoms with Gasteiger partial charge in [-0.2, -0.15) is 0 Å². The maximum absolute atomic E-state index is 14.1. The average Bonchev–Trinajstić information content (AvgIpc) is 3.70. The van der Waals surface area contributed by atoms with E-state index in [9.17, 15) is 9.90 Å². The molecule has 1 aliphatic carbocycles. The summed E-state index contributed by atoms with van der Waals surface area (Å²) in [5.74, 6) is 0.379. The molecule has 1 aliphatic heterocycles. The molecule has 0 unspecified atom stereocenters.